The van der Waals surface area contributed by atoms with E-state index in [4.69, 9.17) is 10.5 Å². The van der Waals surface area contributed by atoms with Gasteiger partial charge in [-0.25, -0.2) is 0 Å². The molecule has 1 aromatic rings. The summed E-state index contributed by atoms with van der Waals surface area (Å²) < 4.78 is 5.27. The zero-order valence-corrected chi connectivity index (χ0v) is 12.7. The molecule has 0 saturated heterocycles. The number of fused-ring (bicyclic) bond motifs is 3. The highest BCUT2D eigenvalue weighted by Crippen LogP contribution is 2.55. The second-order valence-corrected chi connectivity index (χ2v) is 6.39. The molecule has 1 saturated carbocycles. The summed E-state index contributed by atoms with van der Waals surface area (Å²) in [6.07, 6.45) is 3.48. The lowest BCUT2D eigenvalue weighted by Gasteiger charge is -2.50. The summed E-state index contributed by atoms with van der Waals surface area (Å²) in [6.45, 7) is 2.09. The van der Waals surface area contributed by atoms with Gasteiger partial charge in [0.05, 0.1) is 7.11 Å². The van der Waals surface area contributed by atoms with Crippen molar-refractivity contribution in [1.82, 2.24) is 0 Å². The van der Waals surface area contributed by atoms with Crippen LogP contribution < -0.4 is 10.5 Å². The van der Waals surface area contributed by atoms with Gasteiger partial charge in [-0.2, -0.15) is 0 Å². The number of nitrogens with two attached hydrogens (primary N) is 1. The Morgan fingerprint density at radius 3 is 2.90 bits per heavy atom. The minimum absolute atomic E-state index is 0.0540. The first kappa shape index (κ1) is 14.4. The van der Waals surface area contributed by atoms with E-state index < -0.39 is 0 Å². The third kappa shape index (κ3) is 1.96. The number of hydrogen-bond acceptors (Lipinski definition) is 4. The van der Waals surface area contributed by atoms with E-state index in [0.717, 1.165) is 30.4 Å². The zero-order valence-electron chi connectivity index (χ0n) is 12.7. The minimum Gasteiger partial charge on any atom is -0.504 e. The predicted octanol–water partition coefficient (Wildman–Crippen LogP) is 2.30. The maximum atomic E-state index is 12.1. The van der Waals surface area contributed by atoms with Gasteiger partial charge < -0.3 is 15.6 Å². The van der Waals surface area contributed by atoms with Crippen molar-refractivity contribution in [3.63, 3.8) is 0 Å². The monoisotopic (exact) mass is 289 g/mol. The fraction of sp³-hybridized carbons (Fsp3) is 0.588. The van der Waals surface area contributed by atoms with Gasteiger partial charge in [0.1, 0.15) is 5.78 Å². The van der Waals surface area contributed by atoms with Crippen molar-refractivity contribution in [1.29, 1.82) is 0 Å². The van der Waals surface area contributed by atoms with Crippen LogP contribution >= 0.6 is 0 Å². The quantitative estimate of drug-likeness (QED) is 0.876. The Morgan fingerprint density at radius 1 is 1.48 bits per heavy atom. The summed E-state index contributed by atoms with van der Waals surface area (Å²) in [4.78, 5) is 12.1. The van der Waals surface area contributed by atoms with Crippen molar-refractivity contribution in [2.45, 2.75) is 50.5 Å². The summed E-state index contributed by atoms with van der Waals surface area (Å²) in [5.41, 5.74) is 8.04. The number of carbonyl (C=O) groups is 1. The molecule has 1 aromatic carbocycles. The van der Waals surface area contributed by atoms with Crippen LogP contribution in [0.1, 0.15) is 43.7 Å². The van der Waals surface area contributed by atoms with Crippen LogP contribution in [0.3, 0.4) is 0 Å². The van der Waals surface area contributed by atoms with Gasteiger partial charge in [-0.05, 0) is 36.8 Å². The molecule has 3 rings (SSSR count). The maximum Gasteiger partial charge on any atom is 0.161 e. The first-order chi connectivity index (χ1) is 10.0. The van der Waals surface area contributed by atoms with E-state index in [2.05, 4.69) is 6.92 Å². The fourth-order valence-corrected chi connectivity index (χ4v) is 4.53. The topological polar surface area (TPSA) is 72.6 Å². The zero-order chi connectivity index (χ0) is 15.2. The van der Waals surface area contributed by atoms with Gasteiger partial charge in [0.15, 0.2) is 11.5 Å². The third-order valence-electron chi connectivity index (χ3n) is 5.50. The van der Waals surface area contributed by atoms with Crippen molar-refractivity contribution in [2.75, 3.05) is 7.11 Å². The van der Waals surface area contributed by atoms with Crippen LogP contribution in [0.15, 0.2) is 12.1 Å². The second kappa shape index (κ2) is 5.02. The Balaban J connectivity index is 2.24. The van der Waals surface area contributed by atoms with Gasteiger partial charge >= 0.3 is 0 Å². The van der Waals surface area contributed by atoms with Crippen LogP contribution in [0, 0.1) is 5.92 Å². The van der Waals surface area contributed by atoms with Crippen molar-refractivity contribution < 1.29 is 14.6 Å². The molecule has 2 aliphatic rings. The molecule has 1 fully saturated rings. The van der Waals surface area contributed by atoms with Gasteiger partial charge in [-0.3, -0.25) is 4.79 Å². The van der Waals surface area contributed by atoms with E-state index >= 15 is 0 Å². The number of aromatic hydroxyl groups is 1. The van der Waals surface area contributed by atoms with Gasteiger partial charge in [0.25, 0.3) is 0 Å². The molecule has 4 nitrogen and oxygen atoms in total. The molecule has 0 heterocycles. The summed E-state index contributed by atoms with van der Waals surface area (Å²) in [6, 6.07) is 3.83. The van der Waals surface area contributed by atoms with Crippen LogP contribution in [-0.2, 0) is 16.6 Å². The fourth-order valence-electron chi connectivity index (χ4n) is 4.53. The van der Waals surface area contributed by atoms with Crippen LogP contribution in [0.2, 0.25) is 0 Å². The minimum atomic E-state index is -0.332. The molecule has 4 heteroatoms. The summed E-state index contributed by atoms with van der Waals surface area (Å²) in [5.74, 6) is 1.21. The van der Waals surface area contributed by atoms with Crippen molar-refractivity contribution in [3.8, 4) is 11.5 Å². The number of ether oxygens (including phenoxy) is 1. The summed E-state index contributed by atoms with van der Waals surface area (Å²) >= 11 is 0. The number of rotatable bonds is 2. The molecular weight excluding hydrogens is 266 g/mol. The van der Waals surface area contributed by atoms with Gasteiger partial charge in [0.2, 0.25) is 0 Å². The average Bonchev–Trinajstić information content (AvgIpc) is 2.47. The van der Waals surface area contributed by atoms with E-state index in [-0.39, 0.29) is 28.9 Å². The number of methoxy groups -OCH3 is 1. The molecule has 2 aliphatic carbocycles. The van der Waals surface area contributed by atoms with E-state index in [1.54, 1.807) is 13.2 Å². The number of phenolic OH excluding ortho intramolecular Hbond substituents is 1. The maximum absolute atomic E-state index is 12.1. The molecule has 0 amide bonds. The lowest BCUT2D eigenvalue weighted by atomic mass is 9.54. The smallest absolute Gasteiger partial charge is 0.161 e. The number of hydrogen-bond donors (Lipinski definition) is 2. The molecule has 2 unspecified atom stereocenters. The first-order valence-corrected chi connectivity index (χ1v) is 7.70. The van der Waals surface area contributed by atoms with Gasteiger partial charge in [-0.15, -0.1) is 0 Å². The Morgan fingerprint density at radius 2 is 2.24 bits per heavy atom. The molecule has 0 spiro atoms. The largest absolute Gasteiger partial charge is 0.504 e. The molecule has 3 atom stereocenters. The number of carbonyl (C=O) groups excluding carboxylic acids is 1. The molecule has 0 aromatic heterocycles. The molecule has 0 aliphatic heterocycles. The average molecular weight is 289 g/mol. The Labute approximate surface area is 125 Å². The highest BCUT2D eigenvalue weighted by molar-refractivity contribution is 5.82. The van der Waals surface area contributed by atoms with E-state index in [0.29, 0.717) is 18.6 Å². The van der Waals surface area contributed by atoms with E-state index in [1.165, 1.54) is 0 Å². The van der Waals surface area contributed by atoms with Crippen LogP contribution in [0.4, 0.5) is 0 Å². The van der Waals surface area contributed by atoms with Crippen molar-refractivity contribution in [3.05, 3.63) is 23.3 Å². The normalized spacial score (nSPS) is 31.5. The summed E-state index contributed by atoms with van der Waals surface area (Å²) in [7, 11) is 1.55. The number of Topliss-reactive ketones (excluding diaryl/α,β-unsaturated/α-hetero) is 1. The van der Waals surface area contributed by atoms with Crippen LogP contribution in [0.25, 0.3) is 0 Å². The van der Waals surface area contributed by atoms with Crippen molar-refractivity contribution in [2.24, 2.45) is 11.7 Å². The third-order valence-corrected chi connectivity index (χ3v) is 5.50. The Kier molecular flexibility index (Phi) is 3.44. The highest BCUT2D eigenvalue weighted by Gasteiger charge is 2.51. The van der Waals surface area contributed by atoms with E-state index in [9.17, 15) is 9.90 Å². The van der Waals surface area contributed by atoms with Gasteiger partial charge in [-0.1, -0.05) is 13.0 Å². The first-order valence-electron chi connectivity index (χ1n) is 7.70. The highest BCUT2D eigenvalue weighted by atomic mass is 16.5. The van der Waals surface area contributed by atoms with Crippen molar-refractivity contribution >= 4 is 5.78 Å². The Bertz CT molecular complexity index is 584. The molecule has 3 N–H and O–H groups in total. The lowest BCUT2D eigenvalue weighted by Crippen LogP contribution is -2.53. The molecule has 21 heavy (non-hydrogen) atoms. The number of benzene rings is 1. The molecular formula is C17H23NO3. The standard InChI is InChI=1S/C17H23NO3/c1-3-17-9-11(19)5-6-12(17)13(18)8-10-4-7-14(21-2)16(20)15(10)17/h4,7,12-13,20H,3,5-6,8-9,18H2,1-2H3/t12?,13?,17-/m1/s1. The molecule has 114 valence electrons. The SMILES string of the molecule is CC[C@@]12CC(=O)CCC1C(N)Cc1ccc(OC)c(O)c12. The Hall–Kier alpha value is -1.55. The van der Waals surface area contributed by atoms with Gasteiger partial charge in [0, 0.05) is 29.9 Å². The number of ketones is 1. The van der Waals surface area contributed by atoms with Crippen LogP contribution in [0.5, 0.6) is 11.5 Å². The second-order valence-electron chi connectivity index (χ2n) is 6.39. The molecule has 0 radical (unpaired) electrons. The molecule has 0 bridgehead atoms. The van der Waals surface area contributed by atoms with E-state index in [1.807, 2.05) is 6.07 Å². The van der Waals surface area contributed by atoms with Crippen LogP contribution in [-0.4, -0.2) is 24.0 Å². The number of phenols is 1. The lowest BCUT2D eigenvalue weighted by molar-refractivity contribution is -0.124. The summed E-state index contributed by atoms with van der Waals surface area (Å²) in [5, 5.41) is 10.7. The predicted molar refractivity (Wildman–Crippen MR) is 80.7 cm³/mol.